The number of non-ortho nitro benzene ring substituents is 1. The van der Waals surface area contributed by atoms with E-state index in [0.717, 1.165) is 19.3 Å². The van der Waals surface area contributed by atoms with Crippen LogP contribution in [-0.4, -0.2) is 17.4 Å². The van der Waals surface area contributed by atoms with Crippen molar-refractivity contribution >= 4 is 28.9 Å². The van der Waals surface area contributed by atoms with Crippen molar-refractivity contribution in [2.45, 2.75) is 25.7 Å². The van der Waals surface area contributed by atoms with Crippen LogP contribution in [-0.2, 0) is 4.79 Å². The molecule has 0 aliphatic heterocycles. The van der Waals surface area contributed by atoms with E-state index < -0.39 is 4.92 Å². The number of nitrogens with one attached hydrogen (secondary N) is 1. The van der Waals surface area contributed by atoms with Gasteiger partial charge in [0.2, 0.25) is 5.91 Å². The van der Waals surface area contributed by atoms with Gasteiger partial charge in [0.25, 0.3) is 5.69 Å². The molecule has 1 fully saturated rings. The molecular formula is C13H16ClN3O3. The highest BCUT2D eigenvalue weighted by molar-refractivity contribution is 6.33. The smallest absolute Gasteiger partial charge is 0.271 e. The number of nitro groups is 1. The number of rotatable bonds is 5. The Labute approximate surface area is 121 Å². The first-order valence-corrected chi connectivity index (χ1v) is 6.77. The van der Waals surface area contributed by atoms with Gasteiger partial charge in [0.05, 0.1) is 15.6 Å². The zero-order chi connectivity index (χ0) is 14.8. The summed E-state index contributed by atoms with van der Waals surface area (Å²) in [5, 5.41) is 13.4. The van der Waals surface area contributed by atoms with E-state index >= 15 is 0 Å². The summed E-state index contributed by atoms with van der Waals surface area (Å²) in [5.41, 5.74) is 5.90. The Morgan fingerprint density at radius 1 is 1.50 bits per heavy atom. The van der Waals surface area contributed by atoms with Crippen molar-refractivity contribution in [2.24, 2.45) is 11.1 Å². The number of nitrogens with two attached hydrogens (primary N) is 1. The summed E-state index contributed by atoms with van der Waals surface area (Å²) in [7, 11) is 0. The fourth-order valence-electron chi connectivity index (χ4n) is 2.38. The molecule has 0 heterocycles. The second-order valence-electron chi connectivity index (χ2n) is 5.20. The molecule has 0 saturated heterocycles. The van der Waals surface area contributed by atoms with Crippen LogP contribution in [0.2, 0.25) is 5.02 Å². The number of benzene rings is 1. The van der Waals surface area contributed by atoms with Crippen molar-refractivity contribution < 1.29 is 9.72 Å². The predicted molar refractivity (Wildman–Crippen MR) is 76.7 cm³/mol. The van der Waals surface area contributed by atoms with Crippen molar-refractivity contribution in [3.8, 4) is 0 Å². The largest absolute Gasteiger partial charge is 0.330 e. The lowest BCUT2D eigenvalue weighted by Gasteiger charge is -2.40. The van der Waals surface area contributed by atoms with E-state index in [-0.39, 0.29) is 22.0 Å². The van der Waals surface area contributed by atoms with Gasteiger partial charge in [0.15, 0.2) is 0 Å². The third-order valence-corrected chi connectivity index (χ3v) is 4.13. The molecule has 6 nitrogen and oxygen atoms in total. The standard InChI is InChI=1S/C13H16ClN3O3/c14-10-6-9(17(19)20)2-3-11(10)16-12(18)7-13(8-15)4-1-5-13/h2-3,6H,1,4-5,7-8,15H2,(H,16,18). The van der Waals surface area contributed by atoms with Crippen molar-refractivity contribution in [3.05, 3.63) is 33.3 Å². The average molecular weight is 298 g/mol. The molecule has 2 rings (SSSR count). The van der Waals surface area contributed by atoms with Gasteiger partial charge < -0.3 is 11.1 Å². The maximum absolute atomic E-state index is 12.0. The second-order valence-corrected chi connectivity index (χ2v) is 5.61. The Kier molecular flexibility index (Phi) is 4.25. The fourth-order valence-corrected chi connectivity index (χ4v) is 2.61. The monoisotopic (exact) mass is 297 g/mol. The van der Waals surface area contributed by atoms with E-state index in [4.69, 9.17) is 17.3 Å². The maximum atomic E-state index is 12.0. The molecule has 0 atom stereocenters. The molecule has 1 aliphatic rings. The highest BCUT2D eigenvalue weighted by Gasteiger charge is 2.37. The normalized spacial score (nSPS) is 16.3. The summed E-state index contributed by atoms with van der Waals surface area (Å²) in [6, 6.07) is 3.97. The van der Waals surface area contributed by atoms with E-state index in [0.29, 0.717) is 18.7 Å². The highest BCUT2D eigenvalue weighted by Crippen LogP contribution is 2.43. The van der Waals surface area contributed by atoms with Crippen LogP contribution in [0.15, 0.2) is 18.2 Å². The van der Waals surface area contributed by atoms with Crippen molar-refractivity contribution in [1.82, 2.24) is 0 Å². The molecule has 1 aromatic carbocycles. The summed E-state index contributed by atoms with van der Waals surface area (Å²) in [5.74, 6) is -0.161. The first-order valence-electron chi connectivity index (χ1n) is 6.40. The molecule has 1 aromatic rings. The number of carbonyl (C=O) groups is 1. The molecule has 1 amide bonds. The van der Waals surface area contributed by atoms with Crippen LogP contribution in [0.25, 0.3) is 0 Å². The van der Waals surface area contributed by atoms with Crippen LogP contribution < -0.4 is 11.1 Å². The third kappa shape index (κ3) is 3.08. The highest BCUT2D eigenvalue weighted by atomic mass is 35.5. The number of amides is 1. The van der Waals surface area contributed by atoms with Gasteiger partial charge in [0.1, 0.15) is 0 Å². The molecule has 1 saturated carbocycles. The fraction of sp³-hybridized carbons (Fsp3) is 0.462. The first-order chi connectivity index (χ1) is 9.46. The number of hydrogen-bond donors (Lipinski definition) is 2. The lowest BCUT2D eigenvalue weighted by atomic mass is 9.66. The van der Waals surface area contributed by atoms with Crippen molar-refractivity contribution in [1.29, 1.82) is 0 Å². The van der Waals surface area contributed by atoms with Crippen LogP contribution in [0.5, 0.6) is 0 Å². The van der Waals surface area contributed by atoms with E-state index in [9.17, 15) is 14.9 Å². The summed E-state index contributed by atoms with van der Waals surface area (Å²) < 4.78 is 0. The molecule has 0 bridgehead atoms. The zero-order valence-electron chi connectivity index (χ0n) is 10.9. The van der Waals surface area contributed by atoms with Gasteiger partial charge in [-0.3, -0.25) is 14.9 Å². The van der Waals surface area contributed by atoms with Gasteiger partial charge in [-0.1, -0.05) is 18.0 Å². The summed E-state index contributed by atoms with van der Waals surface area (Å²) >= 11 is 5.93. The Hall–Kier alpha value is -1.66. The number of nitrogens with zero attached hydrogens (tertiary/aromatic N) is 1. The number of carbonyl (C=O) groups excluding carboxylic acids is 1. The van der Waals surface area contributed by atoms with E-state index in [1.807, 2.05) is 0 Å². The summed E-state index contributed by atoms with van der Waals surface area (Å²) in [6.07, 6.45) is 3.38. The Morgan fingerprint density at radius 3 is 2.65 bits per heavy atom. The van der Waals surface area contributed by atoms with E-state index in [1.54, 1.807) is 0 Å². The Balaban J connectivity index is 2.02. The van der Waals surface area contributed by atoms with Crippen LogP contribution in [0, 0.1) is 15.5 Å². The maximum Gasteiger partial charge on any atom is 0.271 e. The Bertz CT molecular complexity index is 538. The van der Waals surface area contributed by atoms with Gasteiger partial charge in [-0.15, -0.1) is 0 Å². The lowest BCUT2D eigenvalue weighted by Crippen LogP contribution is -2.40. The van der Waals surface area contributed by atoms with Gasteiger partial charge >= 0.3 is 0 Å². The minimum atomic E-state index is -0.532. The van der Waals surface area contributed by atoms with Gasteiger partial charge in [-0.2, -0.15) is 0 Å². The van der Waals surface area contributed by atoms with Gasteiger partial charge in [0, 0.05) is 18.6 Å². The average Bonchev–Trinajstić information content (AvgIpc) is 2.36. The number of anilines is 1. The van der Waals surface area contributed by atoms with Crippen LogP contribution in [0.4, 0.5) is 11.4 Å². The molecule has 0 unspecified atom stereocenters. The topological polar surface area (TPSA) is 98.3 Å². The molecule has 1 aliphatic carbocycles. The zero-order valence-corrected chi connectivity index (χ0v) is 11.7. The van der Waals surface area contributed by atoms with E-state index in [1.165, 1.54) is 18.2 Å². The summed E-state index contributed by atoms with van der Waals surface area (Å²) in [6.45, 7) is 0.494. The second kappa shape index (κ2) is 5.76. The summed E-state index contributed by atoms with van der Waals surface area (Å²) in [4.78, 5) is 22.1. The van der Waals surface area contributed by atoms with Crippen LogP contribution >= 0.6 is 11.6 Å². The first kappa shape index (κ1) is 14.7. The lowest BCUT2D eigenvalue weighted by molar-refractivity contribution is -0.384. The molecule has 7 heteroatoms. The molecule has 0 aromatic heterocycles. The number of nitro benzene ring substituents is 1. The number of hydrogen-bond acceptors (Lipinski definition) is 4. The molecule has 0 spiro atoms. The third-order valence-electron chi connectivity index (χ3n) is 3.82. The minimum absolute atomic E-state index is 0.0860. The Morgan fingerprint density at radius 2 is 2.20 bits per heavy atom. The van der Waals surface area contributed by atoms with Gasteiger partial charge in [-0.05, 0) is 30.9 Å². The quantitative estimate of drug-likeness (QED) is 0.645. The molecule has 108 valence electrons. The minimum Gasteiger partial charge on any atom is -0.330 e. The molecule has 20 heavy (non-hydrogen) atoms. The SMILES string of the molecule is NCC1(CC(=O)Nc2ccc([N+](=O)[O-])cc2Cl)CCC1. The molecule has 0 radical (unpaired) electrons. The van der Waals surface area contributed by atoms with Crippen molar-refractivity contribution in [2.75, 3.05) is 11.9 Å². The molecular weight excluding hydrogens is 282 g/mol. The predicted octanol–water partition coefficient (Wildman–Crippen LogP) is 2.71. The number of halogens is 1. The van der Waals surface area contributed by atoms with E-state index in [2.05, 4.69) is 5.32 Å². The van der Waals surface area contributed by atoms with Crippen LogP contribution in [0.3, 0.4) is 0 Å². The molecule has 3 N–H and O–H groups in total. The van der Waals surface area contributed by atoms with Crippen LogP contribution in [0.1, 0.15) is 25.7 Å². The van der Waals surface area contributed by atoms with Crippen molar-refractivity contribution in [3.63, 3.8) is 0 Å². The van der Waals surface area contributed by atoms with Gasteiger partial charge in [-0.25, -0.2) is 0 Å².